The van der Waals surface area contributed by atoms with Crippen molar-refractivity contribution in [3.63, 3.8) is 0 Å². The SMILES string of the molecule is Cc1cc(NC(=O)CC(c2ccccc2)c2ccccc2)n(-c2ncnc3c2cnn3-c2ccccc2)n1. The molecule has 0 aliphatic carbocycles. The van der Waals surface area contributed by atoms with Crippen molar-refractivity contribution in [3.8, 4) is 11.5 Å². The van der Waals surface area contributed by atoms with Gasteiger partial charge in [0.05, 0.1) is 23.0 Å². The molecule has 186 valence electrons. The zero-order valence-corrected chi connectivity index (χ0v) is 20.8. The number of nitrogens with one attached hydrogen (secondary N) is 1. The summed E-state index contributed by atoms with van der Waals surface area (Å²) in [4.78, 5) is 22.4. The normalized spacial score (nSPS) is 11.2. The highest BCUT2D eigenvalue weighted by Gasteiger charge is 2.21. The van der Waals surface area contributed by atoms with Crippen molar-refractivity contribution in [2.24, 2.45) is 0 Å². The fraction of sp³-hybridized carbons (Fsp3) is 0.100. The van der Waals surface area contributed by atoms with Gasteiger partial charge in [0.15, 0.2) is 11.5 Å². The molecule has 0 radical (unpaired) electrons. The highest BCUT2D eigenvalue weighted by atomic mass is 16.1. The van der Waals surface area contributed by atoms with Gasteiger partial charge in [-0.3, -0.25) is 4.79 Å². The molecule has 0 aliphatic heterocycles. The fourth-order valence-electron chi connectivity index (χ4n) is 4.69. The number of para-hydroxylation sites is 1. The molecule has 0 bridgehead atoms. The van der Waals surface area contributed by atoms with Crippen LogP contribution in [-0.2, 0) is 4.79 Å². The third-order valence-corrected chi connectivity index (χ3v) is 6.44. The molecule has 0 saturated carbocycles. The maximum atomic E-state index is 13.4. The standard InChI is InChI=1S/C30H25N7O/c1-21-17-27(34-28(38)18-25(22-11-5-2-6-12-22)23-13-7-3-8-14-23)37(35-21)30-26-19-33-36(29(26)31-20-32-30)24-15-9-4-10-16-24/h2-17,19-20,25H,18H2,1H3,(H,34,38). The second kappa shape index (κ2) is 10.1. The molecular formula is C30H25N7O. The van der Waals surface area contributed by atoms with Crippen molar-refractivity contribution < 1.29 is 4.79 Å². The van der Waals surface area contributed by atoms with E-state index in [1.54, 1.807) is 15.6 Å². The van der Waals surface area contributed by atoms with E-state index in [2.05, 4.69) is 49.7 Å². The van der Waals surface area contributed by atoms with E-state index in [0.717, 1.165) is 27.9 Å². The molecule has 0 aliphatic rings. The molecule has 3 heterocycles. The highest BCUT2D eigenvalue weighted by molar-refractivity contribution is 5.92. The summed E-state index contributed by atoms with van der Waals surface area (Å²) in [7, 11) is 0. The van der Waals surface area contributed by atoms with Crippen LogP contribution in [0, 0.1) is 6.92 Å². The number of anilines is 1. The minimum absolute atomic E-state index is 0.0790. The van der Waals surface area contributed by atoms with E-state index in [-0.39, 0.29) is 18.2 Å². The van der Waals surface area contributed by atoms with Crippen LogP contribution >= 0.6 is 0 Å². The van der Waals surface area contributed by atoms with Crippen LogP contribution in [0.2, 0.25) is 0 Å². The van der Waals surface area contributed by atoms with Gasteiger partial charge in [0.1, 0.15) is 12.1 Å². The predicted octanol–water partition coefficient (Wildman–Crippen LogP) is 5.47. The summed E-state index contributed by atoms with van der Waals surface area (Å²) in [5, 5.41) is 13.0. The van der Waals surface area contributed by atoms with Gasteiger partial charge in [-0.05, 0) is 30.2 Å². The van der Waals surface area contributed by atoms with Gasteiger partial charge < -0.3 is 5.32 Å². The third-order valence-electron chi connectivity index (χ3n) is 6.44. The molecule has 8 nitrogen and oxygen atoms in total. The largest absolute Gasteiger partial charge is 0.310 e. The number of benzene rings is 3. The van der Waals surface area contributed by atoms with Crippen molar-refractivity contribution in [3.05, 3.63) is 126 Å². The van der Waals surface area contributed by atoms with Crippen molar-refractivity contribution in [1.29, 1.82) is 0 Å². The lowest BCUT2D eigenvalue weighted by molar-refractivity contribution is -0.116. The highest BCUT2D eigenvalue weighted by Crippen LogP contribution is 2.29. The van der Waals surface area contributed by atoms with Gasteiger partial charge in [-0.1, -0.05) is 78.9 Å². The number of carbonyl (C=O) groups excluding carboxylic acids is 1. The van der Waals surface area contributed by atoms with Gasteiger partial charge in [0.25, 0.3) is 0 Å². The van der Waals surface area contributed by atoms with E-state index in [1.807, 2.05) is 79.7 Å². The number of nitrogens with zero attached hydrogens (tertiary/aromatic N) is 6. The summed E-state index contributed by atoms with van der Waals surface area (Å²) in [6, 6.07) is 31.8. The first-order chi connectivity index (χ1) is 18.7. The lowest BCUT2D eigenvalue weighted by Gasteiger charge is -2.18. The molecule has 1 N–H and O–H groups in total. The molecule has 8 heteroatoms. The van der Waals surface area contributed by atoms with Gasteiger partial charge in [0.2, 0.25) is 5.91 Å². The summed E-state index contributed by atoms with van der Waals surface area (Å²) < 4.78 is 3.41. The van der Waals surface area contributed by atoms with Gasteiger partial charge in [-0.2, -0.15) is 14.9 Å². The van der Waals surface area contributed by atoms with E-state index in [9.17, 15) is 4.79 Å². The summed E-state index contributed by atoms with van der Waals surface area (Å²) in [5.41, 5.74) is 4.48. The Kier molecular flexibility index (Phi) is 6.19. The van der Waals surface area contributed by atoms with Crippen LogP contribution in [0.25, 0.3) is 22.5 Å². The molecule has 1 amide bonds. The minimum atomic E-state index is -0.117. The summed E-state index contributed by atoms with van der Waals surface area (Å²) >= 11 is 0. The molecule has 0 unspecified atom stereocenters. The number of rotatable bonds is 7. The van der Waals surface area contributed by atoms with Gasteiger partial charge in [-0.25, -0.2) is 14.6 Å². The monoisotopic (exact) mass is 499 g/mol. The maximum absolute atomic E-state index is 13.4. The van der Waals surface area contributed by atoms with Crippen molar-refractivity contribution in [1.82, 2.24) is 29.5 Å². The van der Waals surface area contributed by atoms with Crippen LogP contribution in [-0.4, -0.2) is 35.4 Å². The number of hydrogen-bond acceptors (Lipinski definition) is 5. The Morgan fingerprint density at radius 1 is 0.842 bits per heavy atom. The fourth-order valence-corrected chi connectivity index (χ4v) is 4.69. The topological polar surface area (TPSA) is 90.5 Å². The zero-order chi connectivity index (χ0) is 25.9. The van der Waals surface area contributed by atoms with Crippen LogP contribution in [0.15, 0.2) is 110 Å². The molecule has 0 spiro atoms. The van der Waals surface area contributed by atoms with E-state index in [0.29, 0.717) is 17.3 Å². The Labute approximate surface area is 219 Å². The molecule has 0 atom stereocenters. The Morgan fingerprint density at radius 2 is 1.47 bits per heavy atom. The number of aryl methyl sites for hydroxylation is 1. The average Bonchev–Trinajstić information content (AvgIpc) is 3.56. The Morgan fingerprint density at radius 3 is 2.13 bits per heavy atom. The molecule has 6 aromatic rings. The Balaban J connectivity index is 1.32. The van der Waals surface area contributed by atoms with Crippen LogP contribution in [0.4, 0.5) is 5.82 Å². The van der Waals surface area contributed by atoms with Gasteiger partial charge in [-0.15, -0.1) is 0 Å². The number of aromatic nitrogens is 6. The van der Waals surface area contributed by atoms with E-state index < -0.39 is 0 Å². The Hall–Kier alpha value is -5.11. The first-order valence-electron chi connectivity index (χ1n) is 12.4. The second-order valence-corrected chi connectivity index (χ2v) is 9.04. The number of carbonyl (C=O) groups is 1. The second-order valence-electron chi connectivity index (χ2n) is 9.04. The summed E-state index contributed by atoms with van der Waals surface area (Å²) in [5.74, 6) is 0.891. The average molecular weight is 500 g/mol. The molecular weight excluding hydrogens is 474 g/mol. The van der Waals surface area contributed by atoms with Crippen LogP contribution in [0.5, 0.6) is 0 Å². The molecule has 0 fully saturated rings. The zero-order valence-electron chi connectivity index (χ0n) is 20.8. The van der Waals surface area contributed by atoms with Gasteiger partial charge >= 0.3 is 0 Å². The van der Waals surface area contributed by atoms with E-state index >= 15 is 0 Å². The van der Waals surface area contributed by atoms with Crippen molar-refractivity contribution >= 4 is 22.8 Å². The molecule has 3 aromatic heterocycles. The maximum Gasteiger partial charge on any atom is 0.226 e. The quantitative estimate of drug-likeness (QED) is 0.315. The smallest absolute Gasteiger partial charge is 0.226 e. The third kappa shape index (κ3) is 4.55. The number of fused-ring (bicyclic) bond motifs is 1. The summed E-state index contributed by atoms with van der Waals surface area (Å²) in [6.45, 7) is 1.88. The lowest BCUT2D eigenvalue weighted by Crippen LogP contribution is -2.19. The van der Waals surface area contributed by atoms with Crippen LogP contribution in [0.3, 0.4) is 0 Å². The molecule has 38 heavy (non-hydrogen) atoms. The Bertz CT molecular complexity index is 1650. The molecule has 3 aromatic carbocycles. The molecule has 6 rings (SSSR count). The van der Waals surface area contributed by atoms with Crippen molar-refractivity contribution in [2.75, 3.05) is 5.32 Å². The first-order valence-corrected chi connectivity index (χ1v) is 12.4. The predicted molar refractivity (Wildman–Crippen MR) is 146 cm³/mol. The van der Waals surface area contributed by atoms with Crippen molar-refractivity contribution in [2.45, 2.75) is 19.3 Å². The molecule has 0 saturated heterocycles. The number of amides is 1. The van der Waals surface area contributed by atoms with E-state index in [4.69, 9.17) is 0 Å². The minimum Gasteiger partial charge on any atom is -0.310 e. The first kappa shape index (κ1) is 23.3. The van der Waals surface area contributed by atoms with Gasteiger partial charge in [0, 0.05) is 18.4 Å². The van der Waals surface area contributed by atoms with E-state index in [1.165, 1.54) is 6.33 Å². The lowest BCUT2D eigenvalue weighted by atomic mass is 9.88. The number of hydrogen-bond donors (Lipinski definition) is 1. The summed E-state index contributed by atoms with van der Waals surface area (Å²) in [6.07, 6.45) is 3.49. The van der Waals surface area contributed by atoms with Crippen LogP contribution in [0.1, 0.15) is 29.2 Å². The van der Waals surface area contributed by atoms with Crippen LogP contribution < -0.4 is 5.32 Å².